The molecule has 1 fully saturated rings. The first kappa shape index (κ1) is 15.5. The Morgan fingerprint density at radius 1 is 1.52 bits per heavy atom. The van der Waals surface area contributed by atoms with Crippen LogP contribution in [0.3, 0.4) is 0 Å². The van der Waals surface area contributed by atoms with Crippen LogP contribution >= 0.6 is 11.6 Å². The number of carboxylic acids is 1. The van der Waals surface area contributed by atoms with E-state index in [4.69, 9.17) is 21.4 Å². The van der Waals surface area contributed by atoms with E-state index in [1.165, 1.54) is 17.0 Å². The van der Waals surface area contributed by atoms with Crippen LogP contribution in [0, 0.1) is 5.82 Å². The third kappa shape index (κ3) is 4.30. The van der Waals surface area contributed by atoms with Gasteiger partial charge in [0.1, 0.15) is 5.82 Å². The molecule has 8 heteroatoms. The summed E-state index contributed by atoms with van der Waals surface area (Å²) in [6.07, 6.45) is -0.689. The average Bonchev–Trinajstić information content (AvgIpc) is 2.42. The lowest BCUT2D eigenvalue weighted by atomic mass is 10.2. The number of morpholine rings is 1. The van der Waals surface area contributed by atoms with Crippen molar-refractivity contribution in [1.29, 1.82) is 0 Å². The van der Waals surface area contributed by atoms with Crippen molar-refractivity contribution in [2.75, 3.05) is 25.0 Å². The van der Waals surface area contributed by atoms with Crippen LogP contribution in [0.5, 0.6) is 0 Å². The van der Waals surface area contributed by atoms with Gasteiger partial charge in [0.2, 0.25) is 0 Å². The summed E-state index contributed by atoms with van der Waals surface area (Å²) in [4.78, 5) is 24.2. The van der Waals surface area contributed by atoms with Crippen LogP contribution in [0.25, 0.3) is 0 Å². The summed E-state index contributed by atoms with van der Waals surface area (Å²) in [5.41, 5.74) is 0.368. The Hall–Kier alpha value is -1.86. The summed E-state index contributed by atoms with van der Waals surface area (Å²) in [5.74, 6) is -1.55. The van der Waals surface area contributed by atoms with Crippen molar-refractivity contribution in [3.63, 3.8) is 0 Å². The van der Waals surface area contributed by atoms with E-state index in [2.05, 4.69) is 5.32 Å². The Morgan fingerprint density at radius 2 is 2.29 bits per heavy atom. The zero-order chi connectivity index (χ0) is 15.4. The van der Waals surface area contributed by atoms with Crippen molar-refractivity contribution in [2.45, 2.75) is 12.5 Å². The summed E-state index contributed by atoms with van der Waals surface area (Å²) < 4.78 is 18.3. The topological polar surface area (TPSA) is 78.9 Å². The molecule has 114 valence electrons. The fourth-order valence-corrected chi connectivity index (χ4v) is 2.18. The highest BCUT2D eigenvalue weighted by Crippen LogP contribution is 2.20. The van der Waals surface area contributed by atoms with Gasteiger partial charge in [0, 0.05) is 18.8 Å². The predicted molar refractivity (Wildman–Crippen MR) is 74.0 cm³/mol. The molecular formula is C13H14ClFN2O4. The number of carbonyl (C=O) groups excluding carboxylic acids is 1. The van der Waals surface area contributed by atoms with E-state index < -0.39 is 23.9 Å². The lowest BCUT2D eigenvalue weighted by Crippen LogP contribution is -2.47. The minimum atomic E-state index is -0.979. The van der Waals surface area contributed by atoms with Gasteiger partial charge in [-0.15, -0.1) is 0 Å². The van der Waals surface area contributed by atoms with Gasteiger partial charge < -0.3 is 20.1 Å². The Kier molecular flexibility index (Phi) is 4.98. The first-order valence-corrected chi connectivity index (χ1v) is 6.68. The van der Waals surface area contributed by atoms with E-state index in [-0.39, 0.29) is 24.6 Å². The van der Waals surface area contributed by atoms with Crippen molar-refractivity contribution >= 4 is 29.3 Å². The van der Waals surface area contributed by atoms with Crippen LogP contribution in [0.1, 0.15) is 6.42 Å². The summed E-state index contributed by atoms with van der Waals surface area (Å²) in [6, 6.07) is 3.46. The summed E-state index contributed by atoms with van der Waals surface area (Å²) in [7, 11) is 0. The molecule has 0 radical (unpaired) electrons. The van der Waals surface area contributed by atoms with E-state index in [9.17, 15) is 14.0 Å². The van der Waals surface area contributed by atoms with Gasteiger partial charge in [0.05, 0.1) is 24.2 Å². The highest BCUT2D eigenvalue weighted by atomic mass is 35.5. The highest BCUT2D eigenvalue weighted by Gasteiger charge is 2.26. The standard InChI is InChI=1S/C13H14ClFN2O4/c14-10-5-8(1-2-11(10)15)16-13(20)17-3-4-21-9(7-17)6-12(18)19/h1-2,5,9H,3-4,6-7H2,(H,16,20)(H,18,19). The second-order valence-electron chi connectivity index (χ2n) is 4.60. The lowest BCUT2D eigenvalue weighted by Gasteiger charge is -2.32. The summed E-state index contributed by atoms with van der Waals surface area (Å²) in [6.45, 7) is 0.819. The molecule has 2 amide bonds. The van der Waals surface area contributed by atoms with Gasteiger partial charge in [-0.1, -0.05) is 11.6 Å². The van der Waals surface area contributed by atoms with Crippen molar-refractivity contribution in [3.05, 3.63) is 29.0 Å². The molecular weight excluding hydrogens is 303 g/mol. The molecule has 1 aromatic carbocycles. The van der Waals surface area contributed by atoms with Gasteiger partial charge >= 0.3 is 12.0 Å². The quantitative estimate of drug-likeness (QED) is 0.896. The number of benzene rings is 1. The maximum absolute atomic E-state index is 13.0. The molecule has 2 rings (SSSR count). The largest absolute Gasteiger partial charge is 0.481 e. The first-order chi connectivity index (χ1) is 9.95. The molecule has 1 atom stereocenters. The zero-order valence-electron chi connectivity index (χ0n) is 11.0. The van der Waals surface area contributed by atoms with Crippen LogP contribution in [-0.2, 0) is 9.53 Å². The van der Waals surface area contributed by atoms with E-state index in [0.717, 1.165) is 6.07 Å². The summed E-state index contributed by atoms with van der Waals surface area (Å²) >= 11 is 5.64. The third-order valence-electron chi connectivity index (χ3n) is 3.00. The number of carbonyl (C=O) groups is 2. The van der Waals surface area contributed by atoms with Crippen LogP contribution in [0.4, 0.5) is 14.9 Å². The SMILES string of the molecule is O=C(O)CC1CN(C(=O)Nc2ccc(F)c(Cl)c2)CCO1. The first-order valence-electron chi connectivity index (χ1n) is 6.30. The number of amides is 2. The molecule has 0 aromatic heterocycles. The second kappa shape index (κ2) is 6.73. The average molecular weight is 317 g/mol. The molecule has 1 aliphatic heterocycles. The number of hydrogen-bond acceptors (Lipinski definition) is 3. The Balaban J connectivity index is 1.96. The van der Waals surface area contributed by atoms with Gasteiger partial charge in [0.15, 0.2) is 0 Å². The van der Waals surface area contributed by atoms with Crippen molar-refractivity contribution in [1.82, 2.24) is 4.90 Å². The number of hydrogen-bond donors (Lipinski definition) is 2. The molecule has 1 unspecified atom stereocenters. The molecule has 0 saturated carbocycles. The molecule has 1 heterocycles. The molecule has 0 aliphatic carbocycles. The Morgan fingerprint density at radius 3 is 2.95 bits per heavy atom. The van der Waals surface area contributed by atoms with Gasteiger partial charge in [0.25, 0.3) is 0 Å². The van der Waals surface area contributed by atoms with Gasteiger partial charge in [-0.3, -0.25) is 4.79 Å². The molecule has 6 nitrogen and oxygen atoms in total. The number of aliphatic carboxylic acids is 1. The number of nitrogens with one attached hydrogen (secondary N) is 1. The molecule has 2 N–H and O–H groups in total. The van der Waals surface area contributed by atoms with Gasteiger partial charge in [-0.05, 0) is 18.2 Å². The van der Waals surface area contributed by atoms with Crippen LogP contribution < -0.4 is 5.32 Å². The van der Waals surface area contributed by atoms with Crippen molar-refractivity contribution in [2.24, 2.45) is 0 Å². The maximum atomic E-state index is 13.0. The highest BCUT2D eigenvalue weighted by molar-refractivity contribution is 6.31. The fraction of sp³-hybridized carbons (Fsp3) is 0.385. The number of ether oxygens (including phenoxy) is 1. The van der Waals surface area contributed by atoms with Crippen molar-refractivity contribution in [3.8, 4) is 0 Å². The summed E-state index contributed by atoms with van der Waals surface area (Å²) in [5, 5.41) is 11.2. The number of carboxylic acid groups (broad SMARTS) is 1. The van der Waals surface area contributed by atoms with Crippen LogP contribution in [-0.4, -0.2) is 47.8 Å². The van der Waals surface area contributed by atoms with E-state index in [1.807, 2.05) is 0 Å². The lowest BCUT2D eigenvalue weighted by molar-refractivity contribution is -0.141. The number of anilines is 1. The molecule has 0 spiro atoms. The zero-order valence-corrected chi connectivity index (χ0v) is 11.8. The van der Waals surface area contributed by atoms with E-state index in [0.29, 0.717) is 12.2 Å². The van der Waals surface area contributed by atoms with Gasteiger partial charge in [-0.2, -0.15) is 0 Å². The fourth-order valence-electron chi connectivity index (χ4n) is 2.00. The Bertz CT molecular complexity index is 555. The molecule has 1 saturated heterocycles. The molecule has 21 heavy (non-hydrogen) atoms. The second-order valence-corrected chi connectivity index (χ2v) is 5.00. The number of urea groups is 1. The minimum absolute atomic E-state index is 0.0847. The Labute approximate surface area is 125 Å². The van der Waals surface area contributed by atoms with E-state index in [1.54, 1.807) is 0 Å². The molecule has 0 bridgehead atoms. The molecule has 1 aliphatic rings. The van der Waals surface area contributed by atoms with E-state index >= 15 is 0 Å². The van der Waals surface area contributed by atoms with Crippen molar-refractivity contribution < 1.29 is 23.8 Å². The smallest absolute Gasteiger partial charge is 0.322 e. The van der Waals surface area contributed by atoms with Crippen LogP contribution in [0.15, 0.2) is 18.2 Å². The van der Waals surface area contributed by atoms with Gasteiger partial charge in [-0.25, -0.2) is 9.18 Å². The normalized spacial score (nSPS) is 18.4. The number of halogens is 2. The third-order valence-corrected chi connectivity index (χ3v) is 3.29. The monoisotopic (exact) mass is 316 g/mol. The number of rotatable bonds is 3. The molecule has 1 aromatic rings. The maximum Gasteiger partial charge on any atom is 0.322 e. The minimum Gasteiger partial charge on any atom is -0.481 e. The predicted octanol–water partition coefficient (Wildman–Crippen LogP) is 2.19. The van der Waals surface area contributed by atoms with Crippen LogP contribution in [0.2, 0.25) is 5.02 Å². The number of nitrogens with zero attached hydrogens (tertiary/aromatic N) is 1.